The smallest absolute Gasteiger partial charge is 0.232 e. The molecule has 0 N–H and O–H groups in total. The second-order valence-corrected chi connectivity index (χ2v) is 10.9. The Hall–Kier alpha value is -4.03. The third-order valence-corrected chi connectivity index (χ3v) is 7.81. The minimum Gasteiger partial charge on any atom is -0.493 e. The minimum atomic E-state index is -0.385. The Morgan fingerprint density at radius 2 is 1.76 bits per heavy atom. The molecule has 0 fully saturated rings. The van der Waals surface area contributed by atoms with Crippen LogP contribution in [0.2, 0.25) is 5.02 Å². The van der Waals surface area contributed by atoms with Crippen molar-refractivity contribution in [2.24, 2.45) is 0 Å². The van der Waals surface area contributed by atoms with Gasteiger partial charge in [0.15, 0.2) is 11.5 Å². The summed E-state index contributed by atoms with van der Waals surface area (Å²) in [5.74, 6) is 1.00. The molecule has 1 heterocycles. The topological polar surface area (TPSA) is 42.0 Å². The van der Waals surface area contributed by atoms with Gasteiger partial charge in [0.25, 0.3) is 0 Å². The Balaban J connectivity index is 1.53. The molecule has 41 heavy (non-hydrogen) atoms. The number of anilines is 2. The van der Waals surface area contributed by atoms with E-state index in [1.165, 1.54) is 6.07 Å². The number of nitrogens with zero attached hydrogens (tertiary/aromatic N) is 2. The van der Waals surface area contributed by atoms with Crippen molar-refractivity contribution >= 4 is 28.9 Å². The molecule has 5 rings (SSSR count). The zero-order chi connectivity index (χ0) is 29.1. The van der Waals surface area contributed by atoms with E-state index in [1.54, 1.807) is 19.2 Å². The average Bonchev–Trinajstić information content (AvgIpc) is 2.97. The molecule has 1 unspecified atom stereocenters. The number of halogens is 2. The summed E-state index contributed by atoms with van der Waals surface area (Å²) in [6, 6.07) is 25.7. The van der Waals surface area contributed by atoms with Crippen molar-refractivity contribution in [3.63, 3.8) is 0 Å². The van der Waals surface area contributed by atoms with Crippen molar-refractivity contribution in [1.29, 1.82) is 0 Å². The second kappa shape index (κ2) is 12.2. The molecule has 4 aromatic carbocycles. The quantitative estimate of drug-likeness (QED) is 0.204. The number of fused-ring (bicyclic) bond motifs is 1. The van der Waals surface area contributed by atoms with Crippen LogP contribution in [-0.2, 0) is 17.8 Å². The van der Waals surface area contributed by atoms with Gasteiger partial charge in [-0.15, -0.1) is 0 Å². The second-order valence-electron chi connectivity index (χ2n) is 10.4. The van der Waals surface area contributed by atoms with Crippen molar-refractivity contribution in [2.45, 2.75) is 45.4 Å². The van der Waals surface area contributed by atoms with Crippen molar-refractivity contribution in [3.8, 4) is 11.5 Å². The van der Waals surface area contributed by atoms with Crippen LogP contribution in [0.15, 0.2) is 84.9 Å². The first-order chi connectivity index (χ1) is 19.8. The highest BCUT2D eigenvalue weighted by Gasteiger charge is 2.36. The Morgan fingerprint density at radius 1 is 1.02 bits per heavy atom. The predicted octanol–water partition coefficient (Wildman–Crippen LogP) is 7.98. The molecule has 0 aromatic heterocycles. The first-order valence-electron chi connectivity index (χ1n) is 13.8. The standard InChI is InChI=1S/C34H34ClFN2O3/c1-5-22(2)41-32-20-30-25(18-31(32)40-4)19-33(39)38(34(30)24-9-11-26(35)12-10-24)29-15-13-28(14-16-29)37(3)21-23-7-6-8-27(36)17-23/h6-18,20,22,34H,5,19,21H2,1-4H3/t22-,34?/m1/s1. The van der Waals surface area contributed by atoms with Crippen LogP contribution >= 0.6 is 11.6 Å². The number of benzene rings is 4. The molecule has 1 aliphatic rings. The number of hydrogen-bond acceptors (Lipinski definition) is 4. The fourth-order valence-corrected chi connectivity index (χ4v) is 5.37. The largest absolute Gasteiger partial charge is 0.493 e. The first kappa shape index (κ1) is 28.5. The molecule has 212 valence electrons. The summed E-state index contributed by atoms with van der Waals surface area (Å²) in [7, 11) is 3.58. The van der Waals surface area contributed by atoms with Gasteiger partial charge in [-0.1, -0.05) is 42.8 Å². The van der Waals surface area contributed by atoms with Crippen LogP contribution < -0.4 is 19.3 Å². The molecule has 1 aliphatic heterocycles. The zero-order valence-electron chi connectivity index (χ0n) is 23.7. The maximum absolute atomic E-state index is 13.8. The lowest BCUT2D eigenvalue weighted by Crippen LogP contribution is -2.41. The molecule has 0 saturated heterocycles. The van der Waals surface area contributed by atoms with Crippen molar-refractivity contribution < 1.29 is 18.7 Å². The Bertz CT molecular complexity index is 1520. The van der Waals surface area contributed by atoms with E-state index in [0.717, 1.165) is 40.0 Å². The fraction of sp³-hybridized carbons (Fsp3) is 0.265. The van der Waals surface area contributed by atoms with Crippen LogP contribution in [0.5, 0.6) is 11.5 Å². The highest BCUT2D eigenvalue weighted by atomic mass is 35.5. The summed E-state index contributed by atoms with van der Waals surface area (Å²) in [6.45, 7) is 4.66. The number of hydrogen-bond donors (Lipinski definition) is 0. The van der Waals surface area contributed by atoms with E-state index < -0.39 is 0 Å². The van der Waals surface area contributed by atoms with E-state index in [2.05, 4.69) is 6.92 Å². The summed E-state index contributed by atoms with van der Waals surface area (Å²) >= 11 is 6.24. The van der Waals surface area contributed by atoms with Crippen LogP contribution in [0.4, 0.5) is 15.8 Å². The van der Waals surface area contributed by atoms with Crippen LogP contribution in [0.1, 0.15) is 48.6 Å². The molecule has 4 aromatic rings. The van der Waals surface area contributed by atoms with Gasteiger partial charge in [0.2, 0.25) is 5.91 Å². The zero-order valence-corrected chi connectivity index (χ0v) is 24.5. The molecule has 0 bridgehead atoms. The van der Waals surface area contributed by atoms with E-state index in [0.29, 0.717) is 23.1 Å². The number of ether oxygens (including phenoxy) is 2. The highest BCUT2D eigenvalue weighted by Crippen LogP contribution is 2.44. The van der Waals surface area contributed by atoms with E-state index in [9.17, 15) is 9.18 Å². The normalized spacial score (nSPS) is 15.3. The van der Waals surface area contributed by atoms with Crippen molar-refractivity contribution in [3.05, 3.63) is 118 Å². The molecule has 2 atom stereocenters. The number of methoxy groups -OCH3 is 1. The van der Waals surface area contributed by atoms with Crippen LogP contribution in [0.3, 0.4) is 0 Å². The number of carbonyl (C=O) groups excluding carboxylic acids is 1. The number of carbonyl (C=O) groups is 1. The predicted molar refractivity (Wildman–Crippen MR) is 163 cm³/mol. The van der Waals surface area contributed by atoms with Gasteiger partial charge in [0, 0.05) is 30.0 Å². The van der Waals surface area contributed by atoms with Gasteiger partial charge in [-0.05, 0) is 96.3 Å². The third kappa shape index (κ3) is 6.18. The minimum absolute atomic E-state index is 0.00849. The molecular formula is C34H34ClFN2O3. The van der Waals surface area contributed by atoms with E-state index >= 15 is 0 Å². The van der Waals surface area contributed by atoms with E-state index in [1.807, 2.05) is 90.5 Å². The molecular weight excluding hydrogens is 539 g/mol. The lowest BCUT2D eigenvalue weighted by Gasteiger charge is -2.38. The molecule has 0 radical (unpaired) electrons. The highest BCUT2D eigenvalue weighted by molar-refractivity contribution is 6.30. The lowest BCUT2D eigenvalue weighted by atomic mass is 9.86. The molecule has 0 aliphatic carbocycles. The molecule has 1 amide bonds. The Morgan fingerprint density at radius 3 is 2.41 bits per heavy atom. The summed E-state index contributed by atoms with van der Waals surface area (Å²) in [5.41, 5.74) is 5.46. The van der Waals surface area contributed by atoms with Crippen LogP contribution in [0.25, 0.3) is 0 Å². The Labute approximate surface area is 246 Å². The summed E-state index contributed by atoms with van der Waals surface area (Å²) in [6.07, 6.45) is 1.10. The SMILES string of the molecule is CC[C@@H](C)Oc1cc2c(cc1OC)CC(=O)N(c1ccc(N(C)Cc3cccc(F)c3)cc1)C2c1ccc(Cl)cc1. The third-order valence-electron chi connectivity index (χ3n) is 7.55. The summed E-state index contributed by atoms with van der Waals surface area (Å²) in [4.78, 5) is 17.7. The monoisotopic (exact) mass is 572 g/mol. The number of rotatable bonds is 9. The molecule has 5 nitrogen and oxygen atoms in total. The molecule has 7 heteroatoms. The first-order valence-corrected chi connectivity index (χ1v) is 14.2. The van der Waals surface area contributed by atoms with Crippen molar-refractivity contribution in [1.82, 2.24) is 0 Å². The Kier molecular flexibility index (Phi) is 8.50. The summed E-state index contributed by atoms with van der Waals surface area (Å²) < 4.78 is 25.6. The van der Waals surface area contributed by atoms with Gasteiger partial charge in [0.05, 0.1) is 25.7 Å². The summed E-state index contributed by atoms with van der Waals surface area (Å²) in [5, 5.41) is 0.629. The lowest BCUT2D eigenvalue weighted by molar-refractivity contribution is -0.118. The fourth-order valence-electron chi connectivity index (χ4n) is 5.24. The molecule has 0 saturated carbocycles. The maximum Gasteiger partial charge on any atom is 0.232 e. The van der Waals surface area contributed by atoms with Gasteiger partial charge in [0.1, 0.15) is 5.82 Å². The van der Waals surface area contributed by atoms with Gasteiger partial charge in [-0.2, -0.15) is 0 Å². The number of amides is 1. The van der Waals surface area contributed by atoms with Gasteiger partial charge >= 0.3 is 0 Å². The van der Waals surface area contributed by atoms with Gasteiger partial charge in [-0.3, -0.25) is 4.79 Å². The van der Waals surface area contributed by atoms with E-state index in [-0.39, 0.29) is 30.3 Å². The maximum atomic E-state index is 13.8. The van der Waals surface area contributed by atoms with E-state index in [4.69, 9.17) is 21.1 Å². The van der Waals surface area contributed by atoms with Crippen LogP contribution in [-0.4, -0.2) is 26.2 Å². The molecule has 0 spiro atoms. The van der Waals surface area contributed by atoms with Gasteiger partial charge in [-0.25, -0.2) is 4.39 Å². The van der Waals surface area contributed by atoms with Gasteiger partial charge < -0.3 is 19.3 Å². The average molecular weight is 573 g/mol. The van der Waals surface area contributed by atoms with Crippen molar-refractivity contribution in [2.75, 3.05) is 24.0 Å². The van der Waals surface area contributed by atoms with Crippen LogP contribution in [0, 0.1) is 5.82 Å².